The van der Waals surface area contributed by atoms with Gasteiger partial charge in [0.2, 0.25) is 0 Å². The molecule has 1 aromatic heterocycles. The summed E-state index contributed by atoms with van der Waals surface area (Å²) in [4.78, 5) is 2.95. The van der Waals surface area contributed by atoms with Gasteiger partial charge >= 0.3 is 0 Å². The fraction of sp³-hybridized carbons (Fsp3) is 0.111. The average molecular weight is 149 g/mol. The predicted octanol–water partition coefficient (Wildman–Crippen LogP) is 2.62. The van der Waals surface area contributed by atoms with Crippen molar-refractivity contribution in [3.8, 4) is 0 Å². The largest absolute Gasteiger partial charge is 0.361 e. The second-order valence-electron chi connectivity index (χ2n) is 2.67. The van der Waals surface area contributed by atoms with Gasteiger partial charge in [0, 0.05) is 11.7 Å². The number of fused-ring (bicyclic) bond motifs is 1. The van der Waals surface area contributed by atoms with Crippen LogP contribution in [0, 0.1) is 12.7 Å². The Bertz CT molecular complexity index is 353. The van der Waals surface area contributed by atoms with E-state index in [1.54, 1.807) is 6.92 Å². The molecule has 11 heavy (non-hydrogen) atoms. The van der Waals surface area contributed by atoms with E-state index >= 15 is 0 Å². The first-order chi connectivity index (χ1) is 5.27. The summed E-state index contributed by atoms with van der Waals surface area (Å²) < 4.78 is 12.9. The van der Waals surface area contributed by atoms with E-state index in [0.717, 1.165) is 10.9 Å². The molecule has 0 saturated heterocycles. The Kier molecular flexibility index (Phi) is 1.22. The molecule has 2 heteroatoms. The van der Waals surface area contributed by atoms with Crippen molar-refractivity contribution in [2.45, 2.75) is 6.92 Å². The van der Waals surface area contributed by atoms with Crippen LogP contribution in [0.5, 0.6) is 0 Å². The lowest BCUT2D eigenvalue weighted by molar-refractivity contribution is 0.620. The first-order valence-electron chi connectivity index (χ1n) is 3.50. The predicted molar refractivity (Wildman–Crippen MR) is 43.0 cm³/mol. The second kappa shape index (κ2) is 2.09. The highest BCUT2D eigenvalue weighted by Crippen LogP contribution is 2.16. The van der Waals surface area contributed by atoms with E-state index in [9.17, 15) is 4.39 Å². The number of aromatic nitrogens is 1. The molecule has 0 atom stereocenters. The van der Waals surface area contributed by atoms with Crippen molar-refractivity contribution in [3.05, 3.63) is 35.8 Å². The number of hydrogen-bond acceptors (Lipinski definition) is 0. The van der Waals surface area contributed by atoms with E-state index in [1.165, 1.54) is 6.07 Å². The molecule has 2 rings (SSSR count). The topological polar surface area (TPSA) is 15.8 Å². The summed E-state index contributed by atoms with van der Waals surface area (Å²) in [6.45, 7) is 1.77. The summed E-state index contributed by atoms with van der Waals surface area (Å²) in [6.07, 6.45) is 1.81. The fourth-order valence-corrected chi connectivity index (χ4v) is 1.19. The number of benzene rings is 1. The molecule has 56 valence electrons. The molecule has 0 bridgehead atoms. The van der Waals surface area contributed by atoms with Gasteiger partial charge in [-0.2, -0.15) is 0 Å². The molecular formula is C9H8FN. The van der Waals surface area contributed by atoms with Crippen LogP contribution < -0.4 is 0 Å². The average Bonchev–Trinajstić information content (AvgIpc) is 2.36. The molecule has 0 aliphatic carbocycles. The van der Waals surface area contributed by atoms with Crippen LogP contribution in [0.1, 0.15) is 5.56 Å². The lowest BCUT2D eigenvalue weighted by Crippen LogP contribution is -1.80. The maximum absolute atomic E-state index is 12.9. The van der Waals surface area contributed by atoms with Gasteiger partial charge in [0.15, 0.2) is 0 Å². The van der Waals surface area contributed by atoms with E-state index in [2.05, 4.69) is 4.98 Å². The number of H-pyrrole nitrogens is 1. The molecule has 1 heterocycles. The molecule has 0 aliphatic rings. The van der Waals surface area contributed by atoms with Gasteiger partial charge < -0.3 is 4.98 Å². The number of nitrogens with one attached hydrogen (secondary N) is 1. The van der Waals surface area contributed by atoms with Gasteiger partial charge in [0.25, 0.3) is 0 Å². The van der Waals surface area contributed by atoms with Crippen LogP contribution in [0.25, 0.3) is 10.9 Å². The Labute approximate surface area is 63.9 Å². The molecule has 0 fully saturated rings. The van der Waals surface area contributed by atoms with Gasteiger partial charge in [-0.1, -0.05) is 0 Å². The molecule has 1 aromatic carbocycles. The van der Waals surface area contributed by atoms with Crippen molar-refractivity contribution in [1.82, 2.24) is 4.98 Å². The zero-order valence-electron chi connectivity index (χ0n) is 6.19. The second-order valence-corrected chi connectivity index (χ2v) is 2.67. The third-order valence-corrected chi connectivity index (χ3v) is 1.83. The number of aromatic amines is 1. The normalized spacial score (nSPS) is 10.7. The van der Waals surface area contributed by atoms with Crippen molar-refractivity contribution < 1.29 is 4.39 Å². The summed E-state index contributed by atoms with van der Waals surface area (Å²) in [5.74, 6) is -0.153. The lowest BCUT2D eigenvalue weighted by atomic mass is 10.2. The van der Waals surface area contributed by atoms with Crippen LogP contribution in [0.15, 0.2) is 24.4 Å². The quantitative estimate of drug-likeness (QED) is 0.592. The van der Waals surface area contributed by atoms with Gasteiger partial charge in [-0.3, -0.25) is 0 Å². The molecular weight excluding hydrogens is 141 g/mol. The number of hydrogen-bond donors (Lipinski definition) is 1. The molecule has 0 radical (unpaired) electrons. The maximum Gasteiger partial charge on any atom is 0.128 e. The smallest absolute Gasteiger partial charge is 0.128 e. The summed E-state index contributed by atoms with van der Waals surface area (Å²) in [5.41, 5.74) is 1.55. The van der Waals surface area contributed by atoms with Crippen molar-refractivity contribution in [3.63, 3.8) is 0 Å². The highest BCUT2D eigenvalue weighted by atomic mass is 19.1. The van der Waals surface area contributed by atoms with Crippen molar-refractivity contribution in [2.75, 3.05) is 0 Å². The third kappa shape index (κ3) is 0.909. The Morgan fingerprint density at radius 1 is 1.36 bits per heavy atom. The summed E-state index contributed by atoms with van der Waals surface area (Å²) in [5, 5.41) is 1.06. The van der Waals surface area contributed by atoms with Crippen LogP contribution in [-0.2, 0) is 0 Å². The van der Waals surface area contributed by atoms with Crippen LogP contribution >= 0.6 is 0 Å². The highest BCUT2D eigenvalue weighted by Gasteiger charge is 1.99. The Morgan fingerprint density at radius 2 is 2.18 bits per heavy atom. The minimum atomic E-state index is -0.153. The molecule has 0 aliphatic heterocycles. The SMILES string of the molecule is Cc1cc2cc[nH]c2cc1F. The van der Waals surface area contributed by atoms with Crippen LogP contribution in [-0.4, -0.2) is 4.98 Å². The molecule has 0 unspecified atom stereocenters. The minimum absolute atomic E-state index is 0.153. The number of aryl methyl sites for hydroxylation is 1. The van der Waals surface area contributed by atoms with Crippen molar-refractivity contribution in [1.29, 1.82) is 0 Å². The first-order valence-corrected chi connectivity index (χ1v) is 3.50. The molecule has 0 saturated carbocycles. The van der Waals surface area contributed by atoms with E-state index in [4.69, 9.17) is 0 Å². The minimum Gasteiger partial charge on any atom is -0.361 e. The van der Waals surface area contributed by atoms with Crippen LogP contribution in [0.3, 0.4) is 0 Å². The monoisotopic (exact) mass is 149 g/mol. The Hall–Kier alpha value is -1.31. The Balaban J connectivity index is 2.86. The van der Waals surface area contributed by atoms with Crippen LogP contribution in [0.4, 0.5) is 4.39 Å². The van der Waals surface area contributed by atoms with Gasteiger partial charge in [-0.05, 0) is 36.1 Å². The zero-order chi connectivity index (χ0) is 7.84. The van der Waals surface area contributed by atoms with E-state index in [1.807, 2.05) is 18.3 Å². The maximum atomic E-state index is 12.9. The van der Waals surface area contributed by atoms with Gasteiger partial charge in [-0.25, -0.2) is 4.39 Å². The summed E-state index contributed by atoms with van der Waals surface area (Å²) in [6, 6.07) is 5.29. The molecule has 1 nitrogen and oxygen atoms in total. The molecule has 1 N–H and O–H groups in total. The summed E-state index contributed by atoms with van der Waals surface area (Å²) in [7, 11) is 0. The highest BCUT2D eigenvalue weighted by molar-refractivity contribution is 5.79. The molecule has 2 aromatic rings. The zero-order valence-corrected chi connectivity index (χ0v) is 6.19. The number of halogens is 1. The van der Waals surface area contributed by atoms with Crippen molar-refractivity contribution in [2.24, 2.45) is 0 Å². The standard InChI is InChI=1S/C9H8FN/c1-6-4-7-2-3-11-9(7)5-8(6)10/h2-5,11H,1H3. The summed E-state index contributed by atoms with van der Waals surface area (Å²) >= 11 is 0. The van der Waals surface area contributed by atoms with E-state index < -0.39 is 0 Å². The van der Waals surface area contributed by atoms with E-state index in [-0.39, 0.29) is 5.82 Å². The van der Waals surface area contributed by atoms with Gasteiger partial charge in [0.1, 0.15) is 5.82 Å². The first kappa shape index (κ1) is 6.40. The van der Waals surface area contributed by atoms with Gasteiger partial charge in [-0.15, -0.1) is 0 Å². The fourth-order valence-electron chi connectivity index (χ4n) is 1.19. The molecule has 0 amide bonds. The van der Waals surface area contributed by atoms with Crippen LogP contribution in [0.2, 0.25) is 0 Å². The third-order valence-electron chi connectivity index (χ3n) is 1.83. The van der Waals surface area contributed by atoms with Gasteiger partial charge in [0.05, 0.1) is 0 Å². The number of rotatable bonds is 0. The molecule has 0 spiro atoms. The lowest BCUT2D eigenvalue weighted by Gasteiger charge is -1.94. The van der Waals surface area contributed by atoms with E-state index in [0.29, 0.717) is 5.56 Å². The Morgan fingerprint density at radius 3 is 3.00 bits per heavy atom. The van der Waals surface area contributed by atoms with Crippen molar-refractivity contribution >= 4 is 10.9 Å².